The van der Waals surface area contributed by atoms with Crippen LogP contribution in [0, 0.1) is 0 Å². The topological polar surface area (TPSA) is 52.1 Å². The molecule has 0 spiro atoms. The van der Waals surface area contributed by atoms with Gasteiger partial charge in [-0.15, -0.1) is 24.0 Å². The van der Waals surface area contributed by atoms with Crippen molar-refractivity contribution in [1.82, 2.24) is 20.4 Å². The van der Waals surface area contributed by atoms with Crippen molar-refractivity contribution < 1.29 is 4.74 Å². The van der Waals surface area contributed by atoms with Gasteiger partial charge in [-0.2, -0.15) is 0 Å². The van der Waals surface area contributed by atoms with Crippen LogP contribution in [-0.2, 0) is 4.74 Å². The smallest absolute Gasteiger partial charge is 0.191 e. The van der Waals surface area contributed by atoms with Crippen molar-refractivity contribution in [2.75, 3.05) is 52.9 Å². The lowest BCUT2D eigenvalue weighted by Gasteiger charge is -2.36. The van der Waals surface area contributed by atoms with E-state index in [0.29, 0.717) is 18.2 Å². The van der Waals surface area contributed by atoms with Gasteiger partial charge in [-0.1, -0.05) is 13.3 Å². The molecule has 6 nitrogen and oxygen atoms in total. The second kappa shape index (κ2) is 14.0. The third-order valence-corrected chi connectivity index (χ3v) is 5.67. The lowest BCUT2D eigenvalue weighted by Crippen LogP contribution is -2.52. The number of hydrogen-bond acceptors (Lipinski definition) is 4. The summed E-state index contributed by atoms with van der Waals surface area (Å²) in [7, 11) is 1.88. The van der Waals surface area contributed by atoms with E-state index in [1.54, 1.807) is 0 Å². The summed E-state index contributed by atoms with van der Waals surface area (Å²) in [6.45, 7) is 14.0. The summed E-state index contributed by atoms with van der Waals surface area (Å²) in [6.07, 6.45) is 6.68. The van der Waals surface area contributed by atoms with Gasteiger partial charge in [-0.25, -0.2) is 0 Å². The number of aliphatic imine (C=N–C) groups is 1. The Hall–Kier alpha value is -0.120. The summed E-state index contributed by atoms with van der Waals surface area (Å²) < 4.78 is 5.67. The van der Waals surface area contributed by atoms with E-state index in [9.17, 15) is 0 Å². The molecule has 0 saturated carbocycles. The molecule has 0 aliphatic carbocycles. The van der Waals surface area contributed by atoms with Gasteiger partial charge in [0.05, 0.1) is 12.7 Å². The van der Waals surface area contributed by atoms with Crippen LogP contribution in [0.3, 0.4) is 0 Å². The minimum absolute atomic E-state index is 0. The van der Waals surface area contributed by atoms with E-state index in [-0.39, 0.29) is 24.0 Å². The second-order valence-electron chi connectivity index (χ2n) is 7.91. The van der Waals surface area contributed by atoms with Crippen molar-refractivity contribution in [1.29, 1.82) is 0 Å². The Balaban J connectivity index is 0.00000364. The molecule has 7 heteroatoms. The van der Waals surface area contributed by atoms with Gasteiger partial charge in [0.2, 0.25) is 0 Å². The summed E-state index contributed by atoms with van der Waals surface area (Å²) in [4.78, 5) is 9.56. The zero-order valence-corrected chi connectivity index (χ0v) is 20.2. The van der Waals surface area contributed by atoms with Crippen LogP contribution < -0.4 is 10.6 Å². The third kappa shape index (κ3) is 9.28. The Kier molecular flexibility index (Phi) is 12.9. The molecule has 2 saturated heterocycles. The molecule has 2 aliphatic heterocycles. The molecule has 0 radical (unpaired) electrons. The quantitative estimate of drug-likeness (QED) is 0.308. The van der Waals surface area contributed by atoms with E-state index in [1.165, 1.54) is 38.6 Å². The highest BCUT2D eigenvalue weighted by Gasteiger charge is 2.22. The lowest BCUT2D eigenvalue weighted by molar-refractivity contribution is 0.0532. The van der Waals surface area contributed by atoms with Crippen molar-refractivity contribution in [3.05, 3.63) is 0 Å². The average molecular weight is 495 g/mol. The fourth-order valence-corrected chi connectivity index (χ4v) is 4.03. The van der Waals surface area contributed by atoms with E-state index in [2.05, 4.69) is 46.2 Å². The van der Waals surface area contributed by atoms with E-state index in [1.807, 2.05) is 7.05 Å². The predicted octanol–water partition coefficient (Wildman–Crippen LogP) is 2.53. The largest absolute Gasteiger partial charge is 0.377 e. The zero-order chi connectivity index (χ0) is 18.8. The molecule has 0 aromatic carbocycles. The molecule has 2 aliphatic rings. The third-order valence-electron chi connectivity index (χ3n) is 5.67. The molecular formula is C20H42IN5O. The number of piperidine rings is 2. The fourth-order valence-electron chi connectivity index (χ4n) is 4.03. The highest BCUT2D eigenvalue weighted by Crippen LogP contribution is 2.16. The maximum absolute atomic E-state index is 5.67. The first-order valence-electron chi connectivity index (χ1n) is 10.7. The van der Waals surface area contributed by atoms with Crippen LogP contribution in [0.4, 0.5) is 0 Å². The molecule has 1 unspecified atom stereocenters. The zero-order valence-electron chi connectivity index (χ0n) is 17.9. The maximum Gasteiger partial charge on any atom is 0.191 e. The van der Waals surface area contributed by atoms with Crippen molar-refractivity contribution >= 4 is 29.9 Å². The molecule has 1 atom stereocenters. The molecular weight excluding hydrogens is 453 g/mol. The first kappa shape index (κ1) is 24.9. The Morgan fingerprint density at radius 2 is 1.89 bits per heavy atom. The summed E-state index contributed by atoms with van der Waals surface area (Å²) in [5, 5.41) is 7.21. The molecule has 0 aromatic rings. The molecule has 0 bridgehead atoms. The van der Waals surface area contributed by atoms with Crippen LogP contribution in [0.1, 0.15) is 52.9 Å². The number of guanidine groups is 1. The van der Waals surface area contributed by atoms with Gasteiger partial charge in [0.1, 0.15) is 0 Å². The van der Waals surface area contributed by atoms with Crippen LogP contribution in [0.5, 0.6) is 0 Å². The molecule has 2 heterocycles. The van der Waals surface area contributed by atoms with Gasteiger partial charge >= 0.3 is 0 Å². The molecule has 2 rings (SSSR count). The van der Waals surface area contributed by atoms with Crippen LogP contribution in [0.15, 0.2) is 4.99 Å². The van der Waals surface area contributed by atoms with Gasteiger partial charge in [0.15, 0.2) is 5.96 Å². The Morgan fingerprint density at radius 1 is 1.15 bits per heavy atom. The number of nitrogens with zero attached hydrogens (tertiary/aromatic N) is 3. The van der Waals surface area contributed by atoms with E-state index >= 15 is 0 Å². The van der Waals surface area contributed by atoms with E-state index in [4.69, 9.17) is 4.74 Å². The Morgan fingerprint density at radius 3 is 2.52 bits per heavy atom. The molecule has 0 amide bonds. The molecule has 2 N–H and O–H groups in total. The van der Waals surface area contributed by atoms with E-state index < -0.39 is 0 Å². The summed E-state index contributed by atoms with van der Waals surface area (Å²) in [6, 6.07) is 1.17. The maximum atomic E-state index is 5.67. The Labute approximate surface area is 183 Å². The van der Waals surface area contributed by atoms with Gasteiger partial charge < -0.3 is 20.3 Å². The van der Waals surface area contributed by atoms with Crippen LogP contribution in [0.2, 0.25) is 0 Å². The summed E-state index contributed by atoms with van der Waals surface area (Å²) in [5.41, 5.74) is 0. The van der Waals surface area contributed by atoms with Gasteiger partial charge in [-0.05, 0) is 52.6 Å². The standard InChI is InChI=1S/C20H41N5O.HI/c1-5-25-11-7-6-8-19(25)16-22-20(21-4)23-18-9-12-24(13-10-18)14-15-26-17(2)3;/h17-19H,5-16H2,1-4H3,(H2,21,22,23);1H. The molecule has 160 valence electrons. The number of likely N-dealkylation sites (N-methyl/N-ethyl adjacent to an activating group) is 1. The normalized spacial score (nSPS) is 23.3. The molecule has 0 aromatic heterocycles. The van der Waals surface area contributed by atoms with Crippen molar-refractivity contribution in [3.8, 4) is 0 Å². The first-order chi connectivity index (χ1) is 12.6. The number of halogens is 1. The molecule has 27 heavy (non-hydrogen) atoms. The van der Waals surface area contributed by atoms with Gasteiger partial charge in [-0.3, -0.25) is 9.89 Å². The molecule has 2 fully saturated rings. The van der Waals surface area contributed by atoms with Crippen LogP contribution in [0.25, 0.3) is 0 Å². The van der Waals surface area contributed by atoms with Crippen molar-refractivity contribution in [2.45, 2.75) is 71.1 Å². The highest BCUT2D eigenvalue weighted by atomic mass is 127. The van der Waals surface area contributed by atoms with Crippen molar-refractivity contribution in [2.24, 2.45) is 4.99 Å². The van der Waals surface area contributed by atoms with Crippen molar-refractivity contribution in [3.63, 3.8) is 0 Å². The fraction of sp³-hybridized carbons (Fsp3) is 0.950. The number of nitrogens with one attached hydrogen (secondary N) is 2. The number of likely N-dealkylation sites (tertiary alicyclic amines) is 2. The summed E-state index contributed by atoms with van der Waals surface area (Å²) in [5.74, 6) is 0.966. The Bertz CT molecular complexity index is 413. The van der Waals surface area contributed by atoms with Crippen LogP contribution in [-0.4, -0.2) is 86.9 Å². The lowest BCUT2D eigenvalue weighted by atomic mass is 10.0. The minimum atomic E-state index is 0. The van der Waals surface area contributed by atoms with E-state index in [0.717, 1.165) is 45.3 Å². The highest BCUT2D eigenvalue weighted by molar-refractivity contribution is 14.0. The van der Waals surface area contributed by atoms with Gasteiger partial charge in [0, 0.05) is 45.3 Å². The van der Waals surface area contributed by atoms with Gasteiger partial charge in [0.25, 0.3) is 0 Å². The first-order valence-corrected chi connectivity index (χ1v) is 10.7. The second-order valence-corrected chi connectivity index (χ2v) is 7.91. The number of ether oxygens (including phenoxy) is 1. The average Bonchev–Trinajstić information content (AvgIpc) is 2.66. The monoisotopic (exact) mass is 495 g/mol. The number of rotatable bonds is 8. The predicted molar refractivity (Wildman–Crippen MR) is 125 cm³/mol. The SMILES string of the molecule is CCN1CCCCC1CNC(=NC)NC1CCN(CCOC(C)C)CC1.I. The van der Waals surface area contributed by atoms with Crippen LogP contribution >= 0.6 is 24.0 Å². The number of hydrogen-bond donors (Lipinski definition) is 2. The minimum Gasteiger partial charge on any atom is -0.377 e. The summed E-state index contributed by atoms with van der Waals surface area (Å²) >= 11 is 0.